The quantitative estimate of drug-likeness (QED) is 0.515. The van der Waals surface area contributed by atoms with Gasteiger partial charge in [-0.2, -0.15) is 31.6 Å². The maximum atomic E-state index is 9.56. The number of ether oxygens (including phenoxy) is 1. The number of nitrogens with zero attached hydrogens (tertiary/aromatic N) is 6. The molecule has 2 rings (SSSR count). The Bertz CT molecular complexity index is 876. The van der Waals surface area contributed by atoms with E-state index in [0.717, 1.165) is 0 Å². The molecule has 0 saturated heterocycles. The third-order valence-corrected chi connectivity index (χ3v) is 3.63. The summed E-state index contributed by atoms with van der Waals surface area (Å²) >= 11 is 0. The molecule has 0 spiro atoms. The molecule has 1 aromatic rings. The summed E-state index contributed by atoms with van der Waals surface area (Å²) in [7, 11) is 0. The molecule has 0 N–H and O–H groups in total. The minimum atomic E-state index is -2.62. The van der Waals surface area contributed by atoms with Crippen LogP contribution in [-0.4, -0.2) is 5.60 Å². The number of fused-ring (bicyclic) bond motifs is 1. The Balaban J connectivity index is 0.00000264. The normalized spacial score (nSPS) is 17.5. The summed E-state index contributed by atoms with van der Waals surface area (Å²) in [6, 6.07) is 15.1. The van der Waals surface area contributed by atoms with Crippen molar-refractivity contribution in [2.75, 3.05) is 0 Å². The number of hydrogen-bond donors (Lipinski definition) is 0. The second-order valence-electron chi connectivity index (χ2n) is 4.45. The predicted molar refractivity (Wildman–Crippen MR) is 68.7 cm³/mol. The summed E-state index contributed by atoms with van der Waals surface area (Å²) in [5.41, 5.74) is -7.58. The van der Waals surface area contributed by atoms with Crippen LogP contribution in [0.5, 0.6) is 5.75 Å². The largest absolute Gasteiger partial charge is 1.00 e. The molecule has 1 aliphatic heterocycles. The first-order valence-electron chi connectivity index (χ1n) is 5.83. The van der Waals surface area contributed by atoms with Gasteiger partial charge in [0, 0.05) is 5.56 Å². The van der Waals surface area contributed by atoms with Crippen LogP contribution in [0.2, 0.25) is 0 Å². The van der Waals surface area contributed by atoms with Gasteiger partial charge in [0.1, 0.15) is 17.9 Å². The smallest absolute Gasteiger partial charge is 1.00 e. The van der Waals surface area contributed by atoms with Gasteiger partial charge >= 0.3 is 57.0 Å². The Hall–Kier alpha value is -2.40. The monoisotopic (exact) mass is 324 g/mol. The average Bonchev–Trinajstić information content (AvgIpc) is 2.59. The summed E-state index contributed by atoms with van der Waals surface area (Å²) < 4.78 is 5.31. The molecule has 1 aromatic carbocycles. The molecular formula is C15H5KN6O. The summed E-state index contributed by atoms with van der Waals surface area (Å²) in [6.45, 7) is 0. The van der Waals surface area contributed by atoms with Gasteiger partial charge in [0.2, 0.25) is 10.8 Å². The van der Waals surface area contributed by atoms with E-state index in [0.29, 0.717) is 0 Å². The number of rotatable bonds is 0. The molecule has 1 aliphatic rings. The molecule has 102 valence electrons. The maximum Gasteiger partial charge on any atom is 1.00 e. The maximum absolute atomic E-state index is 9.56. The van der Waals surface area contributed by atoms with Crippen LogP contribution in [0.1, 0.15) is 6.99 Å². The van der Waals surface area contributed by atoms with E-state index < -0.39 is 16.4 Å². The first-order chi connectivity index (χ1) is 10.6. The molecule has 0 amide bonds. The van der Waals surface area contributed by atoms with Crippen molar-refractivity contribution in [2.45, 2.75) is 11.0 Å². The zero-order valence-corrected chi connectivity index (χ0v) is 15.0. The van der Waals surface area contributed by atoms with Crippen molar-refractivity contribution in [3.05, 3.63) is 29.8 Å². The number of hydrogen-bond acceptors (Lipinski definition) is 7. The average molecular weight is 324 g/mol. The van der Waals surface area contributed by atoms with Gasteiger partial charge in [0.05, 0.1) is 24.3 Å². The van der Waals surface area contributed by atoms with Crippen molar-refractivity contribution in [3.8, 4) is 42.2 Å². The fraction of sp³-hybridized carbons (Fsp3) is 0.200. The fourth-order valence-electron chi connectivity index (χ4n) is 2.47. The van der Waals surface area contributed by atoms with Crippen molar-refractivity contribution in [3.63, 3.8) is 0 Å². The van der Waals surface area contributed by atoms with Crippen LogP contribution in [0, 0.1) is 73.4 Å². The van der Waals surface area contributed by atoms with E-state index in [1.54, 1.807) is 12.1 Å². The van der Waals surface area contributed by atoms with E-state index >= 15 is 0 Å². The molecule has 23 heavy (non-hydrogen) atoms. The Morgan fingerprint density at radius 1 is 0.783 bits per heavy atom. The summed E-state index contributed by atoms with van der Waals surface area (Å²) in [4.78, 5) is 0. The Morgan fingerprint density at radius 2 is 1.30 bits per heavy atom. The SMILES string of the molecule is N#CC1(C#N)Oc2ccccc2C(C#N)(C#N)C1(C#N)C#N.[H-].[K+]. The summed E-state index contributed by atoms with van der Waals surface area (Å²) in [6.07, 6.45) is 0. The van der Waals surface area contributed by atoms with Crippen molar-refractivity contribution in [1.29, 1.82) is 31.6 Å². The van der Waals surface area contributed by atoms with Gasteiger partial charge in [0.25, 0.3) is 0 Å². The summed E-state index contributed by atoms with van der Waals surface area (Å²) in [5, 5.41) is 56.9. The minimum Gasteiger partial charge on any atom is -1.00 e. The Labute approximate surface area is 176 Å². The van der Waals surface area contributed by atoms with Crippen LogP contribution in [0.25, 0.3) is 0 Å². The van der Waals surface area contributed by atoms with E-state index in [1.807, 2.05) is 0 Å². The number of benzene rings is 1. The topological polar surface area (TPSA) is 152 Å². The van der Waals surface area contributed by atoms with Crippen LogP contribution in [0.3, 0.4) is 0 Å². The van der Waals surface area contributed by atoms with Gasteiger partial charge in [-0.1, -0.05) is 18.2 Å². The van der Waals surface area contributed by atoms with Gasteiger partial charge in [-0.15, -0.1) is 0 Å². The molecule has 0 radical (unpaired) electrons. The van der Waals surface area contributed by atoms with Gasteiger partial charge in [0.15, 0.2) is 0 Å². The minimum absolute atomic E-state index is 0. The van der Waals surface area contributed by atoms with Gasteiger partial charge < -0.3 is 6.16 Å². The van der Waals surface area contributed by atoms with Crippen LogP contribution < -0.4 is 56.1 Å². The van der Waals surface area contributed by atoms with E-state index in [1.165, 1.54) is 48.5 Å². The van der Waals surface area contributed by atoms with Crippen LogP contribution in [0.15, 0.2) is 24.3 Å². The zero-order chi connectivity index (χ0) is 16.4. The van der Waals surface area contributed by atoms with Gasteiger partial charge in [-0.3, -0.25) is 0 Å². The zero-order valence-electron chi connectivity index (χ0n) is 12.9. The first-order valence-corrected chi connectivity index (χ1v) is 5.83. The Kier molecular flexibility index (Phi) is 5.17. The van der Waals surface area contributed by atoms with Gasteiger partial charge in [-0.05, 0) is 6.07 Å². The second kappa shape index (κ2) is 6.38. The molecule has 0 fully saturated rings. The third kappa shape index (κ3) is 1.96. The van der Waals surface area contributed by atoms with Crippen LogP contribution in [0.4, 0.5) is 0 Å². The van der Waals surface area contributed by atoms with Crippen LogP contribution >= 0.6 is 0 Å². The molecule has 1 heterocycles. The second-order valence-corrected chi connectivity index (χ2v) is 4.45. The first kappa shape index (κ1) is 18.6. The van der Waals surface area contributed by atoms with Crippen molar-refractivity contribution >= 4 is 0 Å². The predicted octanol–water partition coefficient (Wildman–Crippen LogP) is -1.70. The fourth-order valence-corrected chi connectivity index (χ4v) is 2.47. The molecule has 0 aromatic heterocycles. The van der Waals surface area contributed by atoms with E-state index in [9.17, 15) is 31.6 Å². The molecule has 7 nitrogen and oxygen atoms in total. The van der Waals surface area contributed by atoms with E-state index in [-0.39, 0.29) is 64.1 Å². The summed E-state index contributed by atoms with van der Waals surface area (Å²) in [5.74, 6) is -0.0603. The molecule has 0 unspecified atom stereocenters. The number of nitriles is 6. The molecular weight excluding hydrogens is 319 g/mol. The third-order valence-electron chi connectivity index (χ3n) is 3.63. The number of para-hydroxylation sites is 1. The Morgan fingerprint density at radius 3 is 1.74 bits per heavy atom. The van der Waals surface area contributed by atoms with Gasteiger partial charge in [-0.25, -0.2) is 0 Å². The van der Waals surface area contributed by atoms with E-state index in [4.69, 9.17) is 4.74 Å². The van der Waals surface area contributed by atoms with Crippen molar-refractivity contribution in [1.82, 2.24) is 0 Å². The molecule has 0 atom stereocenters. The molecule has 0 aliphatic carbocycles. The standard InChI is InChI=1S/C15H4N6O.K.H/c16-5-13(6-17)11-3-1-2-4-12(11)22-15(9-20,10-21)14(13,7-18)8-19;;/h1-4H;;/q;+1;-1. The van der Waals surface area contributed by atoms with Crippen molar-refractivity contribution < 1.29 is 57.5 Å². The van der Waals surface area contributed by atoms with Crippen LogP contribution in [-0.2, 0) is 5.41 Å². The molecule has 0 bridgehead atoms. The van der Waals surface area contributed by atoms with E-state index in [2.05, 4.69) is 0 Å². The molecule has 8 heteroatoms. The molecule has 0 saturated carbocycles. The van der Waals surface area contributed by atoms with Crippen molar-refractivity contribution in [2.24, 2.45) is 5.41 Å².